The highest BCUT2D eigenvalue weighted by molar-refractivity contribution is 8.00. The maximum absolute atomic E-state index is 13.2. The first kappa shape index (κ1) is 22.3. The molecule has 2 aromatic heterocycles. The molecule has 1 aliphatic heterocycles. The number of carbonyl (C=O) groups excluding carboxylic acids is 1. The third kappa shape index (κ3) is 4.94. The average molecular weight is 455 g/mol. The van der Waals surface area contributed by atoms with Crippen LogP contribution in [0.2, 0.25) is 0 Å². The largest absolute Gasteiger partial charge is 0.497 e. The number of benzene rings is 1. The molecule has 168 valence electrons. The molecule has 0 aliphatic carbocycles. The Balaban J connectivity index is 1.62. The molecule has 0 saturated carbocycles. The van der Waals surface area contributed by atoms with Gasteiger partial charge in [-0.1, -0.05) is 24.8 Å². The molecule has 4 rings (SSSR count). The Morgan fingerprint density at radius 2 is 2.25 bits per heavy atom. The molecule has 0 unspecified atom stereocenters. The third-order valence-corrected chi connectivity index (χ3v) is 6.71. The number of fused-ring (bicyclic) bond motifs is 1. The number of nitrogens with one attached hydrogen (secondary N) is 1. The number of ether oxygens (including phenoxy) is 2. The molecule has 1 amide bonds. The van der Waals surface area contributed by atoms with Crippen LogP contribution in [0.4, 0.5) is 5.69 Å². The maximum atomic E-state index is 13.2. The number of pyridine rings is 1. The van der Waals surface area contributed by atoms with Gasteiger partial charge in [-0.3, -0.25) is 14.2 Å². The van der Waals surface area contributed by atoms with Crippen molar-refractivity contribution in [2.75, 3.05) is 19.0 Å². The predicted molar refractivity (Wildman–Crippen MR) is 124 cm³/mol. The van der Waals surface area contributed by atoms with E-state index in [4.69, 9.17) is 9.47 Å². The van der Waals surface area contributed by atoms with E-state index < -0.39 is 5.25 Å². The van der Waals surface area contributed by atoms with Crippen LogP contribution >= 0.6 is 11.8 Å². The van der Waals surface area contributed by atoms with Crippen LogP contribution in [0.15, 0.2) is 52.5 Å². The van der Waals surface area contributed by atoms with Gasteiger partial charge in [-0.25, -0.2) is 9.97 Å². The molecular weight excluding hydrogens is 428 g/mol. The van der Waals surface area contributed by atoms with Crippen LogP contribution in [0, 0.1) is 0 Å². The zero-order chi connectivity index (χ0) is 22.5. The first-order chi connectivity index (χ1) is 15.6. The molecule has 1 aliphatic rings. The van der Waals surface area contributed by atoms with Crippen molar-refractivity contribution >= 4 is 34.4 Å². The van der Waals surface area contributed by atoms with Crippen molar-refractivity contribution in [1.82, 2.24) is 14.5 Å². The van der Waals surface area contributed by atoms with Crippen LogP contribution in [0.25, 0.3) is 11.0 Å². The van der Waals surface area contributed by atoms with E-state index in [1.807, 2.05) is 25.1 Å². The van der Waals surface area contributed by atoms with Gasteiger partial charge in [0.25, 0.3) is 5.56 Å². The number of hydrogen-bond donors (Lipinski definition) is 1. The first-order valence-electron chi connectivity index (χ1n) is 10.7. The van der Waals surface area contributed by atoms with Gasteiger partial charge in [-0.2, -0.15) is 0 Å². The zero-order valence-electron chi connectivity index (χ0n) is 18.1. The van der Waals surface area contributed by atoms with Crippen molar-refractivity contribution < 1.29 is 14.3 Å². The van der Waals surface area contributed by atoms with Crippen LogP contribution in [-0.2, 0) is 16.1 Å². The Labute approximate surface area is 190 Å². The van der Waals surface area contributed by atoms with E-state index in [-0.39, 0.29) is 17.6 Å². The van der Waals surface area contributed by atoms with E-state index in [0.717, 1.165) is 12.8 Å². The van der Waals surface area contributed by atoms with Crippen molar-refractivity contribution in [2.24, 2.45) is 0 Å². The number of anilines is 1. The Bertz CT molecular complexity index is 1160. The van der Waals surface area contributed by atoms with E-state index in [1.54, 1.807) is 36.1 Å². The quantitative estimate of drug-likeness (QED) is 0.411. The molecule has 9 heteroatoms. The van der Waals surface area contributed by atoms with E-state index in [1.165, 1.54) is 11.8 Å². The highest BCUT2D eigenvalue weighted by Gasteiger charge is 2.25. The molecular formula is C23H26N4O4S. The third-order valence-electron chi connectivity index (χ3n) is 5.35. The van der Waals surface area contributed by atoms with Crippen molar-refractivity contribution in [1.29, 1.82) is 0 Å². The van der Waals surface area contributed by atoms with Crippen molar-refractivity contribution in [3.63, 3.8) is 0 Å². The number of carbonyl (C=O) groups is 1. The number of hydrogen-bond acceptors (Lipinski definition) is 7. The Morgan fingerprint density at radius 3 is 3.00 bits per heavy atom. The molecule has 1 N–H and O–H groups in total. The highest BCUT2D eigenvalue weighted by Crippen LogP contribution is 2.27. The van der Waals surface area contributed by atoms with Gasteiger partial charge in [0.15, 0.2) is 10.8 Å². The second-order valence-corrected chi connectivity index (χ2v) is 8.73. The Hall–Kier alpha value is -2.91. The molecule has 2 atom stereocenters. The summed E-state index contributed by atoms with van der Waals surface area (Å²) >= 11 is 1.28. The van der Waals surface area contributed by atoms with Gasteiger partial charge in [0, 0.05) is 24.6 Å². The van der Waals surface area contributed by atoms with E-state index >= 15 is 0 Å². The Kier molecular flexibility index (Phi) is 7.06. The van der Waals surface area contributed by atoms with E-state index in [0.29, 0.717) is 47.2 Å². The van der Waals surface area contributed by atoms with E-state index in [9.17, 15) is 9.59 Å². The highest BCUT2D eigenvalue weighted by atomic mass is 32.2. The monoisotopic (exact) mass is 454 g/mol. The lowest BCUT2D eigenvalue weighted by Crippen LogP contribution is -2.31. The fourth-order valence-corrected chi connectivity index (χ4v) is 4.66. The maximum Gasteiger partial charge on any atom is 0.263 e. The van der Waals surface area contributed by atoms with Gasteiger partial charge in [0.1, 0.15) is 5.75 Å². The minimum absolute atomic E-state index is 0.0336. The molecule has 8 nitrogen and oxygen atoms in total. The van der Waals surface area contributed by atoms with Gasteiger partial charge in [0.2, 0.25) is 5.91 Å². The number of amides is 1. The SMILES string of the molecule is CC[C@H](Sc1nc2ncccc2c(=O)n1C[C@@H]1CCCO1)C(=O)Nc1cccc(OC)c1. The molecule has 3 heterocycles. The molecule has 0 spiro atoms. The average Bonchev–Trinajstić information content (AvgIpc) is 3.33. The van der Waals surface area contributed by atoms with Crippen molar-refractivity contribution in [3.05, 3.63) is 52.9 Å². The minimum Gasteiger partial charge on any atom is -0.497 e. The van der Waals surface area contributed by atoms with Crippen LogP contribution < -0.4 is 15.6 Å². The summed E-state index contributed by atoms with van der Waals surface area (Å²) in [5.41, 5.74) is 0.870. The minimum atomic E-state index is -0.440. The fraction of sp³-hybridized carbons (Fsp3) is 0.391. The lowest BCUT2D eigenvalue weighted by molar-refractivity contribution is -0.115. The second kappa shape index (κ2) is 10.1. The summed E-state index contributed by atoms with van der Waals surface area (Å²) in [4.78, 5) is 35.2. The molecule has 32 heavy (non-hydrogen) atoms. The number of methoxy groups -OCH3 is 1. The Morgan fingerprint density at radius 1 is 1.38 bits per heavy atom. The molecule has 1 saturated heterocycles. The fourth-order valence-electron chi connectivity index (χ4n) is 3.65. The summed E-state index contributed by atoms with van der Waals surface area (Å²) in [5, 5.41) is 3.44. The topological polar surface area (TPSA) is 95.3 Å². The lowest BCUT2D eigenvalue weighted by Gasteiger charge is -2.19. The van der Waals surface area contributed by atoms with Gasteiger partial charge < -0.3 is 14.8 Å². The standard InChI is InChI=1S/C23H26N4O4S/c1-3-19(21(28)25-15-7-4-8-16(13-15)30-2)32-23-26-20-18(10-5-11-24-20)22(29)27(23)14-17-9-6-12-31-17/h4-5,7-8,10-11,13,17,19H,3,6,9,12,14H2,1-2H3,(H,25,28)/t17-,19-/m0/s1. The summed E-state index contributed by atoms with van der Waals surface area (Å²) in [6.07, 6.45) is 4.02. The summed E-state index contributed by atoms with van der Waals surface area (Å²) in [6, 6.07) is 10.7. The number of aromatic nitrogens is 3. The van der Waals surface area contributed by atoms with Gasteiger partial charge in [0.05, 0.1) is 30.4 Å². The summed E-state index contributed by atoms with van der Waals surface area (Å²) < 4.78 is 12.6. The van der Waals surface area contributed by atoms with Crippen LogP contribution in [0.3, 0.4) is 0 Å². The zero-order valence-corrected chi connectivity index (χ0v) is 18.9. The second-order valence-electron chi connectivity index (χ2n) is 7.56. The molecule has 0 bridgehead atoms. The normalized spacial score (nSPS) is 16.8. The van der Waals surface area contributed by atoms with Crippen LogP contribution in [0.1, 0.15) is 26.2 Å². The predicted octanol–water partition coefficient (Wildman–Crippen LogP) is 3.49. The van der Waals surface area contributed by atoms with Gasteiger partial charge >= 0.3 is 0 Å². The summed E-state index contributed by atoms with van der Waals surface area (Å²) in [6.45, 7) is 3.04. The lowest BCUT2D eigenvalue weighted by atomic mass is 10.2. The van der Waals surface area contributed by atoms with Crippen LogP contribution in [-0.4, -0.2) is 45.5 Å². The van der Waals surface area contributed by atoms with Gasteiger partial charge in [-0.15, -0.1) is 0 Å². The smallest absolute Gasteiger partial charge is 0.263 e. The van der Waals surface area contributed by atoms with Crippen LogP contribution in [0.5, 0.6) is 5.75 Å². The first-order valence-corrected chi connectivity index (χ1v) is 11.6. The number of nitrogens with zero attached hydrogens (tertiary/aromatic N) is 3. The van der Waals surface area contributed by atoms with Crippen molar-refractivity contribution in [3.8, 4) is 5.75 Å². The van der Waals surface area contributed by atoms with Gasteiger partial charge in [-0.05, 0) is 43.5 Å². The molecule has 1 fully saturated rings. The van der Waals surface area contributed by atoms with Crippen molar-refractivity contribution in [2.45, 2.75) is 49.2 Å². The molecule has 3 aromatic rings. The molecule has 0 radical (unpaired) electrons. The number of thioether (sulfide) groups is 1. The van der Waals surface area contributed by atoms with E-state index in [2.05, 4.69) is 15.3 Å². The molecule has 1 aromatic carbocycles. The number of rotatable bonds is 8. The summed E-state index contributed by atoms with van der Waals surface area (Å²) in [5.74, 6) is 0.501. The summed E-state index contributed by atoms with van der Waals surface area (Å²) in [7, 11) is 1.58.